The summed E-state index contributed by atoms with van der Waals surface area (Å²) in [6, 6.07) is 14.9. The van der Waals surface area contributed by atoms with Gasteiger partial charge < -0.3 is 14.3 Å². The highest BCUT2D eigenvalue weighted by atomic mass is 16.5. The first-order valence-electron chi connectivity index (χ1n) is 12.0. The van der Waals surface area contributed by atoms with Crippen LogP contribution in [-0.2, 0) is 0 Å². The van der Waals surface area contributed by atoms with Crippen molar-refractivity contribution in [3.63, 3.8) is 0 Å². The molecular formula is C28H36O4. The molecule has 0 radical (unpaired) electrons. The highest BCUT2D eigenvalue weighted by molar-refractivity contribution is 5.84. The Hall–Kier alpha value is -2.75. The van der Waals surface area contributed by atoms with Crippen LogP contribution in [-0.4, -0.2) is 12.2 Å². The second kappa shape index (κ2) is 12.3. The molecule has 0 amide bonds. The van der Waals surface area contributed by atoms with Gasteiger partial charge in [-0.25, -0.2) is 4.79 Å². The summed E-state index contributed by atoms with van der Waals surface area (Å²) >= 11 is 0. The summed E-state index contributed by atoms with van der Waals surface area (Å²) in [6.07, 6.45) is 12.0. The van der Waals surface area contributed by atoms with Gasteiger partial charge in [0, 0.05) is 5.92 Å². The van der Waals surface area contributed by atoms with Gasteiger partial charge in [-0.05, 0) is 36.2 Å². The van der Waals surface area contributed by atoms with Crippen molar-refractivity contribution in [2.24, 2.45) is 0 Å². The predicted molar refractivity (Wildman–Crippen MR) is 131 cm³/mol. The van der Waals surface area contributed by atoms with E-state index in [1.165, 1.54) is 44.9 Å². The van der Waals surface area contributed by atoms with Crippen LogP contribution in [0.4, 0.5) is 0 Å². The van der Waals surface area contributed by atoms with Crippen molar-refractivity contribution in [1.82, 2.24) is 0 Å². The lowest BCUT2D eigenvalue weighted by Gasteiger charge is -2.19. The van der Waals surface area contributed by atoms with Crippen LogP contribution in [0.1, 0.15) is 88.2 Å². The number of benzene rings is 2. The Morgan fingerprint density at radius 3 is 2.16 bits per heavy atom. The summed E-state index contributed by atoms with van der Waals surface area (Å²) in [5.41, 5.74) is 1.30. The topological polar surface area (TPSA) is 59.7 Å². The fraction of sp³-hybridized carbons (Fsp3) is 0.464. The van der Waals surface area contributed by atoms with E-state index in [1.54, 1.807) is 25.3 Å². The monoisotopic (exact) mass is 436 g/mol. The Morgan fingerprint density at radius 2 is 1.50 bits per heavy atom. The molecule has 2 aromatic carbocycles. The Bertz CT molecular complexity index is 1020. The van der Waals surface area contributed by atoms with Gasteiger partial charge in [-0.2, -0.15) is 0 Å². The van der Waals surface area contributed by atoms with Crippen LogP contribution in [0.3, 0.4) is 0 Å². The summed E-state index contributed by atoms with van der Waals surface area (Å²) in [4.78, 5) is 12.9. The first-order valence-corrected chi connectivity index (χ1v) is 12.0. The first-order chi connectivity index (χ1) is 15.7. The Balaban J connectivity index is 1.75. The number of para-hydroxylation sites is 1. The van der Waals surface area contributed by atoms with Gasteiger partial charge in [-0.3, -0.25) is 0 Å². The summed E-state index contributed by atoms with van der Waals surface area (Å²) in [5, 5.41) is 11.6. The van der Waals surface area contributed by atoms with Crippen LogP contribution >= 0.6 is 0 Å². The zero-order chi connectivity index (χ0) is 22.8. The number of fused-ring (bicyclic) bond motifs is 1. The van der Waals surface area contributed by atoms with Gasteiger partial charge in [-0.15, -0.1) is 0 Å². The third-order valence-corrected chi connectivity index (χ3v) is 6.28. The van der Waals surface area contributed by atoms with Crippen molar-refractivity contribution in [3.05, 3.63) is 70.1 Å². The summed E-state index contributed by atoms with van der Waals surface area (Å²) in [6.45, 7) is 2.24. The molecule has 1 aromatic heterocycles. The SMILES string of the molecule is CCCCCCCCCCCC(c1ccc(OC)cc1)c1c(O)c2ccccc2oc1=O. The fourth-order valence-corrected chi connectivity index (χ4v) is 4.43. The van der Waals surface area contributed by atoms with Gasteiger partial charge in [0.2, 0.25) is 0 Å². The molecule has 1 N–H and O–H groups in total. The molecule has 172 valence electrons. The molecule has 3 aromatic rings. The van der Waals surface area contributed by atoms with Crippen molar-refractivity contribution in [3.8, 4) is 11.5 Å². The lowest BCUT2D eigenvalue weighted by Crippen LogP contribution is -2.14. The highest BCUT2D eigenvalue weighted by Gasteiger charge is 2.24. The Morgan fingerprint density at radius 1 is 0.875 bits per heavy atom. The van der Waals surface area contributed by atoms with E-state index in [2.05, 4.69) is 6.92 Å². The van der Waals surface area contributed by atoms with Crippen molar-refractivity contribution in [1.29, 1.82) is 0 Å². The summed E-state index contributed by atoms with van der Waals surface area (Å²) in [7, 11) is 1.64. The van der Waals surface area contributed by atoms with Crippen molar-refractivity contribution >= 4 is 11.0 Å². The molecule has 0 saturated carbocycles. The third kappa shape index (κ3) is 6.15. The molecule has 0 fully saturated rings. The van der Waals surface area contributed by atoms with E-state index >= 15 is 0 Å². The number of aromatic hydroxyl groups is 1. The maximum atomic E-state index is 12.9. The molecule has 1 heterocycles. The van der Waals surface area contributed by atoms with Crippen LogP contribution < -0.4 is 10.4 Å². The zero-order valence-corrected chi connectivity index (χ0v) is 19.4. The quantitative estimate of drug-likeness (QED) is 0.222. The van der Waals surface area contributed by atoms with Crippen LogP contribution in [0.2, 0.25) is 0 Å². The zero-order valence-electron chi connectivity index (χ0n) is 19.4. The fourth-order valence-electron chi connectivity index (χ4n) is 4.43. The molecule has 0 aliphatic rings. The highest BCUT2D eigenvalue weighted by Crippen LogP contribution is 2.37. The number of ether oxygens (including phenoxy) is 1. The van der Waals surface area contributed by atoms with Crippen LogP contribution in [0, 0.1) is 0 Å². The molecule has 1 unspecified atom stereocenters. The average molecular weight is 437 g/mol. The second-order valence-electron chi connectivity index (χ2n) is 8.59. The van der Waals surface area contributed by atoms with Gasteiger partial charge >= 0.3 is 5.63 Å². The largest absolute Gasteiger partial charge is 0.507 e. The summed E-state index contributed by atoms with van der Waals surface area (Å²) in [5.74, 6) is 0.588. The molecule has 0 spiro atoms. The van der Waals surface area contributed by atoms with E-state index in [4.69, 9.17) is 9.15 Å². The molecule has 4 nitrogen and oxygen atoms in total. The molecular weight excluding hydrogens is 400 g/mol. The lowest BCUT2D eigenvalue weighted by molar-refractivity contribution is 0.414. The standard InChI is InChI=1S/C28H36O4/c1-3-4-5-6-7-8-9-10-11-14-23(21-17-19-22(31-2)20-18-21)26-27(29)24-15-12-13-16-25(24)32-28(26)30/h12-13,15-20,23,29H,3-11,14H2,1-2H3. The molecule has 0 bridgehead atoms. The molecule has 32 heavy (non-hydrogen) atoms. The van der Waals surface area contributed by atoms with Crippen LogP contribution in [0.5, 0.6) is 11.5 Å². The Labute approximate surface area is 191 Å². The van der Waals surface area contributed by atoms with E-state index in [-0.39, 0.29) is 11.7 Å². The number of methoxy groups -OCH3 is 1. The van der Waals surface area contributed by atoms with E-state index in [9.17, 15) is 9.90 Å². The van der Waals surface area contributed by atoms with E-state index in [1.807, 2.05) is 30.3 Å². The second-order valence-corrected chi connectivity index (χ2v) is 8.59. The minimum Gasteiger partial charge on any atom is -0.507 e. The van der Waals surface area contributed by atoms with Crippen LogP contribution in [0.25, 0.3) is 11.0 Å². The summed E-state index contributed by atoms with van der Waals surface area (Å²) < 4.78 is 10.9. The molecule has 0 aliphatic carbocycles. The van der Waals surface area contributed by atoms with E-state index in [0.717, 1.165) is 30.6 Å². The maximum Gasteiger partial charge on any atom is 0.343 e. The first kappa shape index (κ1) is 23.9. The van der Waals surface area contributed by atoms with Gasteiger partial charge in [0.25, 0.3) is 0 Å². The molecule has 4 heteroatoms. The molecule has 0 saturated heterocycles. The molecule has 1 atom stereocenters. The van der Waals surface area contributed by atoms with Gasteiger partial charge in [0.05, 0.1) is 18.1 Å². The normalized spacial score (nSPS) is 12.2. The molecule has 3 rings (SSSR count). The minimum atomic E-state index is -0.460. The predicted octanol–water partition coefficient (Wildman–Crippen LogP) is 7.56. The van der Waals surface area contributed by atoms with Crippen molar-refractivity contribution in [2.75, 3.05) is 7.11 Å². The van der Waals surface area contributed by atoms with Gasteiger partial charge in [0.1, 0.15) is 17.1 Å². The number of unbranched alkanes of at least 4 members (excludes halogenated alkanes) is 8. The van der Waals surface area contributed by atoms with Crippen molar-refractivity contribution < 1.29 is 14.3 Å². The Kier molecular flexibility index (Phi) is 9.21. The number of hydrogen-bond acceptors (Lipinski definition) is 4. The van der Waals surface area contributed by atoms with E-state index < -0.39 is 5.63 Å². The maximum absolute atomic E-state index is 12.9. The lowest BCUT2D eigenvalue weighted by atomic mass is 9.86. The number of hydrogen-bond donors (Lipinski definition) is 1. The van der Waals surface area contributed by atoms with Crippen molar-refractivity contribution in [2.45, 2.75) is 77.0 Å². The molecule has 0 aliphatic heterocycles. The number of rotatable bonds is 13. The third-order valence-electron chi connectivity index (χ3n) is 6.28. The smallest absolute Gasteiger partial charge is 0.343 e. The van der Waals surface area contributed by atoms with Gasteiger partial charge in [0.15, 0.2) is 0 Å². The minimum absolute atomic E-state index is 0.0357. The average Bonchev–Trinajstić information content (AvgIpc) is 2.82. The van der Waals surface area contributed by atoms with Crippen LogP contribution in [0.15, 0.2) is 57.7 Å². The van der Waals surface area contributed by atoms with Gasteiger partial charge in [-0.1, -0.05) is 89.0 Å². The van der Waals surface area contributed by atoms with E-state index in [0.29, 0.717) is 16.5 Å².